The summed E-state index contributed by atoms with van der Waals surface area (Å²) in [6.07, 6.45) is 9.39. The summed E-state index contributed by atoms with van der Waals surface area (Å²) in [4.78, 5) is 0. The van der Waals surface area contributed by atoms with Crippen LogP contribution in [-0.4, -0.2) is 11.2 Å². The molecule has 2 aliphatic carbocycles. The Bertz CT molecular complexity index is 384. The number of ether oxygens (including phenoxy) is 1. The minimum absolute atomic E-state index is 0.441. The van der Waals surface area contributed by atoms with Crippen LogP contribution in [0.4, 0.5) is 0 Å². The standard InChI is InChI=1S/C16H22O2/c17-16(11-3-1-2-4-12-16)13-5-7-14(8-6-13)18-15-9-10-15/h5-8,15,17H,1-4,9-12H2. The first-order valence-electron chi connectivity index (χ1n) is 7.26. The van der Waals surface area contributed by atoms with Crippen molar-refractivity contribution in [1.29, 1.82) is 0 Å². The van der Waals surface area contributed by atoms with E-state index in [-0.39, 0.29) is 0 Å². The summed E-state index contributed by atoms with van der Waals surface area (Å²) >= 11 is 0. The highest BCUT2D eigenvalue weighted by Crippen LogP contribution is 2.37. The van der Waals surface area contributed by atoms with Gasteiger partial charge in [-0.15, -0.1) is 0 Å². The molecule has 2 fully saturated rings. The topological polar surface area (TPSA) is 29.5 Å². The van der Waals surface area contributed by atoms with Gasteiger partial charge < -0.3 is 9.84 Å². The smallest absolute Gasteiger partial charge is 0.119 e. The maximum Gasteiger partial charge on any atom is 0.119 e. The third kappa shape index (κ3) is 2.69. The third-order valence-corrected chi connectivity index (χ3v) is 4.15. The lowest BCUT2D eigenvalue weighted by Crippen LogP contribution is -2.24. The van der Waals surface area contributed by atoms with Crippen LogP contribution in [0.3, 0.4) is 0 Å². The Morgan fingerprint density at radius 1 is 0.944 bits per heavy atom. The third-order valence-electron chi connectivity index (χ3n) is 4.15. The molecule has 0 unspecified atom stereocenters. The molecule has 0 atom stereocenters. The quantitative estimate of drug-likeness (QED) is 0.823. The van der Waals surface area contributed by atoms with E-state index in [0.29, 0.717) is 6.10 Å². The molecule has 3 rings (SSSR count). The summed E-state index contributed by atoms with van der Waals surface area (Å²) < 4.78 is 5.74. The lowest BCUT2D eigenvalue weighted by Gasteiger charge is -2.27. The van der Waals surface area contributed by atoms with Crippen LogP contribution >= 0.6 is 0 Å². The van der Waals surface area contributed by atoms with Crippen molar-refractivity contribution in [2.24, 2.45) is 0 Å². The zero-order valence-electron chi connectivity index (χ0n) is 10.9. The molecule has 1 N–H and O–H groups in total. The normalized spacial score (nSPS) is 23.4. The maximum atomic E-state index is 10.8. The number of aliphatic hydroxyl groups is 1. The van der Waals surface area contributed by atoms with E-state index in [0.717, 1.165) is 37.0 Å². The number of hydrogen-bond acceptors (Lipinski definition) is 2. The lowest BCUT2D eigenvalue weighted by molar-refractivity contribution is 0.0207. The van der Waals surface area contributed by atoms with Gasteiger partial charge in [0.1, 0.15) is 5.75 Å². The predicted octanol–water partition coefficient (Wildman–Crippen LogP) is 3.77. The Kier molecular flexibility index (Phi) is 3.29. The Morgan fingerprint density at radius 2 is 1.56 bits per heavy atom. The van der Waals surface area contributed by atoms with Gasteiger partial charge in [-0.1, -0.05) is 37.8 Å². The highest BCUT2D eigenvalue weighted by molar-refractivity contribution is 5.31. The van der Waals surface area contributed by atoms with E-state index >= 15 is 0 Å². The van der Waals surface area contributed by atoms with Crippen molar-refractivity contribution in [1.82, 2.24) is 0 Å². The molecule has 98 valence electrons. The second-order valence-electron chi connectivity index (χ2n) is 5.79. The number of benzene rings is 1. The predicted molar refractivity (Wildman–Crippen MR) is 71.7 cm³/mol. The van der Waals surface area contributed by atoms with Crippen LogP contribution in [0.5, 0.6) is 5.75 Å². The minimum Gasteiger partial charge on any atom is -0.490 e. The van der Waals surface area contributed by atoms with E-state index in [4.69, 9.17) is 4.74 Å². The molecule has 0 heterocycles. The first kappa shape index (κ1) is 12.0. The van der Waals surface area contributed by atoms with E-state index in [9.17, 15) is 5.11 Å². The molecule has 0 spiro atoms. The maximum absolute atomic E-state index is 10.8. The average molecular weight is 246 g/mol. The van der Waals surface area contributed by atoms with Gasteiger partial charge in [0.05, 0.1) is 11.7 Å². The first-order valence-corrected chi connectivity index (χ1v) is 7.26. The van der Waals surface area contributed by atoms with Gasteiger partial charge in [-0.25, -0.2) is 0 Å². The second kappa shape index (κ2) is 4.93. The summed E-state index contributed by atoms with van der Waals surface area (Å²) in [7, 11) is 0. The van der Waals surface area contributed by atoms with E-state index in [2.05, 4.69) is 0 Å². The van der Waals surface area contributed by atoms with Crippen LogP contribution in [0.2, 0.25) is 0 Å². The SMILES string of the molecule is OC1(c2ccc(OC3CC3)cc2)CCCCCC1. The molecule has 0 radical (unpaired) electrons. The first-order chi connectivity index (χ1) is 8.76. The molecule has 2 saturated carbocycles. The molecule has 2 heteroatoms. The van der Waals surface area contributed by atoms with Crippen molar-refractivity contribution in [2.75, 3.05) is 0 Å². The van der Waals surface area contributed by atoms with Crippen molar-refractivity contribution < 1.29 is 9.84 Å². The average Bonchev–Trinajstić information content (AvgIpc) is 3.19. The molecule has 0 bridgehead atoms. The van der Waals surface area contributed by atoms with Gasteiger partial charge in [-0.05, 0) is 43.4 Å². The molecule has 0 aromatic heterocycles. The Balaban J connectivity index is 1.73. The van der Waals surface area contributed by atoms with Gasteiger partial charge in [0, 0.05) is 0 Å². The molecule has 0 aliphatic heterocycles. The fourth-order valence-electron chi connectivity index (χ4n) is 2.82. The molecule has 2 aliphatic rings. The molecule has 1 aromatic carbocycles. The summed E-state index contributed by atoms with van der Waals surface area (Å²) in [5.41, 5.74) is 0.460. The second-order valence-corrected chi connectivity index (χ2v) is 5.79. The highest BCUT2D eigenvalue weighted by atomic mass is 16.5. The Labute approximate surface area is 109 Å². The summed E-state index contributed by atoms with van der Waals surface area (Å²) in [5, 5.41) is 10.8. The van der Waals surface area contributed by atoms with E-state index in [1.54, 1.807) is 0 Å². The van der Waals surface area contributed by atoms with E-state index in [1.807, 2.05) is 24.3 Å². The molecular formula is C16H22O2. The van der Waals surface area contributed by atoms with Crippen molar-refractivity contribution in [3.05, 3.63) is 29.8 Å². The largest absolute Gasteiger partial charge is 0.490 e. The lowest BCUT2D eigenvalue weighted by atomic mass is 9.86. The number of rotatable bonds is 3. The van der Waals surface area contributed by atoms with Crippen molar-refractivity contribution >= 4 is 0 Å². The number of hydrogen-bond donors (Lipinski definition) is 1. The Morgan fingerprint density at radius 3 is 2.11 bits per heavy atom. The van der Waals surface area contributed by atoms with Crippen LogP contribution in [0.25, 0.3) is 0 Å². The van der Waals surface area contributed by atoms with Gasteiger partial charge in [0.2, 0.25) is 0 Å². The summed E-state index contributed by atoms with van der Waals surface area (Å²) in [6.45, 7) is 0. The van der Waals surface area contributed by atoms with Gasteiger partial charge >= 0.3 is 0 Å². The van der Waals surface area contributed by atoms with Crippen LogP contribution in [-0.2, 0) is 5.60 Å². The van der Waals surface area contributed by atoms with Crippen LogP contribution in [0.15, 0.2) is 24.3 Å². The van der Waals surface area contributed by atoms with Crippen molar-refractivity contribution in [3.8, 4) is 5.75 Å². The molecule has 18 heavy (non-hydrogen) atoms. The fourth-order valence-corrected chi connectivity index (χ4v) is 2.82. The fraction of sp³-hybridized carbons (Fsp3) is 0.625. The Hall–Kier alpha value is -1.02. The van der Waals surface area contributed by atoms with Crippen molar-refractivity contribution in [3.63, 3.8) is 0 Å². The molecular weight excluding hydrogens is 224 g/mol. The summed E-state index contributed by atoms with van der Waals surface area (Å²) in [5.74, 6) is 0.943. The van der Waals surface area contributed by atoms with Crippen LogP contribution < -0.4 is 4.74 Å². The molecule has 0 saturated heterocycles. The molecule has 0 amide bonds. The van der Waals surface area contributed by atoms with Crippen LogP contribution in [0.1, 0.15) is 56.9 Å². The van der Waals surface area contributed by atoms with Gasteiger partial charge in [0.25, 0.3) is 0 Å². The van der Waals surface area contributed by atoms with E-state index in [1.165, 1.54) is 25.7 Å². The monoisotopic (exact) mass is 246 g/mol. The zero-order valence-corrected chi connectivity index (χ0v) is 10.9. The molecule has 2 nitrogen and oxygen atoms in total. The van der Waals surface area contributed by atoms with Crippen molar-refractivity contribution in [2.45, 2.75) is 63.1 Å². The minimum atomic E-state index is -0.603. The van der Waals surface area contributed by atoms with Gasteiger partial charge in [-0.2, -0.15) is 0 Å². The zero-order chi connectivity index (χ0) is 12.4. The van der Waals surface area contributed by atoms with Gasteiger partial charge in [0.15, 0.2) is 0 Å². The van der Waals surface area contributed by atoms with E-state index < -0.39 is 5.60 Å². The molecule has 1 aromatic rings. The van der Waals surface area contributed by atoms with Gasteiger partial charge in [-0.3, -0.25) is 0 Å². The highest BCUT2D eigenvalue weighted by Gasteiger charge is 2.30. The summed E-state index contributed by atoms with van der Waals surface area (Å²) in [6, 6.07) is 8.11. The van der Waals surface area contributed by atoms with Crippen LogP contribution in [0, 0.1) is 0 Å².